The molecule has 0 saturated carbocycles. The van der Waals surface area contributed by atoms with Gasteiger partial charge in [-0.25, -0.2) is 9.37 Å². The van der Waals surface area contributed by atoms with Gasteiger partial charge < -0.3 is 15.5 Å². The lowest BCUT2D eigenvalue weighted by atomic mass is 10.1. The first kappa shape index (κ1) is 23.7. The fourth-order valence-electron chi connectivity index (χ4n) is 5.15. The molecule has 0 spiro atoms. The molecule has 0 radical (unpaired) electrons. The van der Waals surface area contributed by atoms with Crippen LogP contribution in [0.15, 0.2) is 91.4 Å². The molecular formula is C30H27FN6O. The number of imidazole rings is 1. The van der Waals surface area contributed by atoms with Gasteiger partial charge in [-0.1, -0.05) is 12.1 Å². The number of nitrogens with two attached hydrogens (primary N) is 1. The Hall–Kier alpha value is -4.72. The van der Waals surface area contributed by atoms with Crippen LogP contribution in [-0.4, -0.2) is 46.5 Å². The Morgan fingerprint density at radius 1 is 0.842 bits per heavy atom. The summed E-state index contributed by atoms with van der Waals surface area (Å²) in [5.41, 5.74) is 12.7. The number of carbonyl (C=O) groups is 1. The Morgan fingerprint density at radius 3 is 2.05 bits per heavy atom. The summed E-state index contributed by atoms with van der Waals surface area (Å²) in [4.78, 5) is 26.1. The van der Waals surface area contributed by atoms with Crippen molar-refractivity contribution in [1.82, 2.24) is 14.4 Å². The number of fused-ring (bicyclic) bond motifs is 1. The van der Waals surface area contributed by atoms with Crippen LogP contribution in [0.2, 0.25) is 0 Å². The molecule has 2 N–H and O–H groups in total. The second-order valence-corrected chi connectivity index (χ2v) is 9.42. The maximum Gasteiger partial charge on any atom is 0.267 e. The highest BCUT2D eigenvalue weighted by atomic mass is 19.1. The Labute approximate surface area is 220 Å². The first-order chi connectivity index (χ1) is 18.6. The number of nitrogens with zero attached hydrogens (tertiary/aromatic N) is 5. The summed E-state index contributed by atoms with van der Waals surface area (Å²) in [6, 6.07) is 22.8. The molecule has 4 heterocycles. The van der Waals surface area contributed by atoms with Gasteiger partial charge in [0, 0.05) is 68.1 Å². The Morgan fingerprint density at radius 2 is 1.45 bits per heavy atom. The van der Waals surface area contributed by atoms with Crippen LogP contribution in [0.1, 0.15) is 21.7 Å². The Kier molecular flexibility index (Phi) is 6.21. The zero-order valence-corrected chi connectivity index (χ0v) is 20.8. The number of halogens is 1. The molecule has 190 valence electrons. The maximum atomic E-state index is 13.3. The molecule has 3 aromatic heterocycles. The third-order valence-electron chi connectivity index (χ3n) is 7.09. The predicted molar refractivity (Wildman–Crippen MR) is 147 cm³/mol. The van der Waals surface area contributed by atoms with Gasteiger partial charge in [-0.05, 0) is 71.8 Å². The molecule has 1 aliphatic heterocycles. The molecule has 0 bridgehead atoms. The van der Waals surface area contributed by atoms with E-state index in [1.807, 2.05) is 42.6 Å². The van der Waals surface area contributed by atoms with Crippen LogP contribution < -0.4 is 15.5 Å². The van der Waals surface area contributed by atoms with Crippen LogP contribution in [0.4, 0.5) is 15.8 Å². The average Bonchev–Trinajstić information content (AvgIpc) is 3.33. The third-order valence-corrected chi connectivity index (χ3v) is 7.09. The number of amides is 1. The van der Waals surface area contributed by atoms with Crippen molar-refractivity contribution in [2.24, 2.45) is 5.73 Å². The molecule has 1 fully saturated rings. The first-order valence-electron chi connectivity index (χ1n) is 12.6. The van der Waals surface area contributed by atoms with E-state index in [-0.39, 0.29) is 5.82 Å². The summed E-state index contributed by atoms with van der Waals surface area (Å²) in [6.07, 6.45) is 5.80. The van der Waals surface area contributed by atoms with Crippen LogP contribution in [0.5, 0.6) is 0 Å². The van der Waals surface area contributed by atoms with Crippen molar-refractivity contribution < 1.29 is 9.18 Å². The molecule has 0 atom stereocenters. The molecule has 1 aliphatic rings. The van der Waals surface area contributed by atoms with Crippen molar-refractivity contribution in [3.8, 4) is 11.1 Å². The minimum atomic E-state index is -0.505. The van der Waals surface area contributed by atoms with E-state index in [0.717, 1.165) is 54.2 Å². The van der Waals surface area contributed by atoms with E-state index < -0.39 is 5.91 Å². The zero-order valence-electron chi connectivity index (χ0n) is 20.8. The van der Waals surface area contributed by atoms with Crippen LogP contribution in [-0.2, 0) is 6.42 Å². The highest BCUT2D eigenvalue weighted by molar-refractivity contribution is 5.94. The molecule has 8 heteroatoms. The standard InChI is InChI=1S/C30H27FN6O/c31-23-5-9-25(10-6-23)36-18-16-35(17-19-36)24-7-3-21(4-8-24)20-27-28(29(32)38)37-15-1-2-26(30(37)34-27)22-11-13-33-14-12-22/h1-15H,16-20H2,(H2,32,38). The second kappa shape index (κ2) is 9.97. The van der Waals surface area contributed by atoms with Crippen molar-refractivity contribution >= 4 is 22.9 Å². The highest BCUT2D eigenvalue weighted by Gasteiger charge is 2.21. The number of hydrogen-bond donors (Lipinski definition) is 1. The van der Waals surface area contributed by atoms with Gasteiger partial charge in [-0.3, -0.25) is 14.2 Å². The number of benzene rings is 2. The molecule has 38 heavy (non-hydrogen) atoms. The van der Waals surface area contributed by atoms with Gasteiger partial charge in [0.2, 0.25) is 0 Å². The van der Waals surface area contributed by atoms with Gasteiger partial charge in [0.1, 0.15) is 17.2 Å². The van der Waals surface area contributed by atoms with Crippen molar-refractivity contribution in [2.45, 2.75) is 6.42 Å². The molecule has 6 rings (SSSR count). The van der Waals surface area contributed by atoms with Crippen LogP contribution in [0.3, 0.4) is 0 Å². The lowest BCUT2D eigenvalue weighted by molar-refractivity contribution is 0.0994. The molecule has 1 saturated heterocycles. The van der Waals surface area contributed by atoms with E-state index in [0.29, 0.717) is 23.5 Å². The smallest absolute Gasteiger partial charge is 0.267 e. The Balaban J connectivity index is 1.21. The van der Waals surface area contributed by atoms with Crippen LogP contribution in [0.25, 0.3) is 16.8 Å². The van der Waals surface area contributed by atoms with Gasteiger partial charge in [-0.2, -0.15) is 0 Å². The summed E-state index contributed by atoms with van der Waals surface area (Å²) in [6.45, 7) is 3.51. The zero-order chi connectivity index (χ0) is 26.1. The van der Waals surface area contributed by atoms with Crippen LogP contribution >= 0.6 is 0 Å². The summed E-state index contributed by atoms with van der Waals surface area (Å²) in [7, 11) is 0. The van der Waals surface area contributed by atoms with E-state index in [9.17, 15) is 9.18 Å². The summed E-state index contributed by atoms with van der Waals surface area (Å²) >= 11 is 0. The number of pyridine rings is 2. The van der Waals surface area contributed by atoms with E-state index in [2.05, 4.69) is 39.0 Å². The SMILES string of the molecule is NC(=O)c1c(Cc2ccc(N3CCN(c4ccc(F)cc4)CC3)cc2)nc2c(-c3ccncc3)cccn12. The number of primary amides is 1. The third kappa shape index (κ3) is 4.56. The van der Waals surface area contributed by atoms with E-state index in [1.54, 1.807) is 16.8 Å². The Bertz CT molecular complexity index is 1570. The lowest BCUT2D eigenvalue weighted by Gasteiger charge is -2.37. The summed E-state index contributed by atoms with van der Waals surface area (Å²) in [5, 5.41) is 0. The number of rotatable bonds is 6. The summed E-state index contributed by atoms with van der Waals surface area (Å²) < 4.78 is 15.0. The normalized spacial score (nSPS) is 13.7. The molecule has 1 amide bonds. The topological polar surface area (TPSA) is 79.8 Å². The molecule has 0 aliphatic carbocycles. The van der Waals surface area contributed by atoms with Crippen molar-refractivity contribution in [3.63, 3.8) is 0 Å². The first-order valence-corrected chi connectivity index (χ1v) is 12.6. The van der Waals surface area contributed by atoms with Crippen LogP contribution in [0, 0.1) is 5.82 Å². The largest absolute Gasteiger partial charge is 0.368 e. The van der Waals surface area contributed by atoms with Gasteiger partial charge in [-0.15, -0.1) is 0 Å². The van der Waals surface area contributed by atoms with E-state index >= 15 is 0 Å². The monoisotopic (exact) mass is 506 g/mol. The molecule has 5 aromatic rings. The molecule has 0 unspecified atom stereocenters. The fraction of sp³-hybridized carbons (Fsp3) is 0.167. The molecule has 7 nitrogen and oxygen atoms in total. The van der Waals surface area contributed by atoms with Gasteiger partial charge in [0.25, 0.3) is 5.91 Å². The quantitative estimate of drug-likeness (QED) is 0.366. The average molecular weight is 507 g/mol. The molecular weight excluding hydrogens is 479 g/mol. The number of carbonyl (C=O) groups excluding carboxylic acids is 1. The minimum absolute atomic E-state index is 0.215. The van der Waals surface area contributed by atoms with Crippen molar-refractivity contribution in [2.75, 3.05) is 36.0 Å². The van der Waals surface area contributed by atoms with Crippen molar-refractivity contribution in [3.05, 3.63) is 114 Å². The number of piperazine rings is 1. The predicted octanol–water partition coefficient (Wildman–Crippen LogP) is 4.55. The number of hydrogen-bond acceptors (Lipinski definition) is 5. The van der Waals surface area contributed by atoms with Gasteiger partial charge in [0.15, 0.2) is 0 Å². The molecule has 2 aromatic carbocycles. The van der Waals surface area contributed by atoms with Gasteiger partial charge in [0.05, 0.1) is 5.69 Å². The second-order valence-electron chi connectivity index (χ2n) is 9.42. The van der Waals surface area contributed by atoms with E-state index in [4.69, 9.17) is 10.7 Å². The summed E-state index contributed by atoms with van der Waals surface area (Å²) in [5.74, 6) is -0.719. The van der Waals surface area contributed by atoms with Gasteiger partial charge >= 0.3 is 0 Å². The lowest BCUT2D eigenvalue weighted by Crippen LogP contribution is -2.46. The van der Waals surface area contributed by atoms with Crippen molar-refractivity contribution in [1.29, 1.82) is 0 Å². The van der Waals surface area contributed by atoms with E-state index in [1.165, 1.54) is 12.1 Å². The number of aromatic nitrogens is 3. The highest BCUT2D eigenvalue weighted by Crippen LogP contribution is 2.27. The maximum absolute atomic E-state index is 13.3. The minimum Gasteiger partial charge on any atom is -0.368 e. The number of anilines is 2. The fourth-order valence-corrected chi connectivity index (χ4v) is 5.15.